The summed E-state index contributed by atoms with van der Waals surface area (Å²) in [5, 5.41) is 9.42. The maximum Gasteiger partial charge on any atom is 0.252 e. The van der Waals surface area contributed by atoms with Gasteiger partial charge in [0.05, 0.1) is 11.3 Å². The lowest BCUT2D eigenvalue weighted by molar-refractivity contribution is -0.119. The molecule has 5 nitrogen and oxygen atoms in total. The zero-order chi connectivity index (χ0) is 18.9. The molecule has 6 heteroatoms. The lowest BCUT2D eigenvalue weighted by Gasteiger charge is -2.27. The van der Waals surface area contributed by atoms with Gasteiger partial charge in [0.1, 0.15) is 0 Å². The third kappa shape index (κ3) is 6.54. The Kier molecular flexibility index (Phi) is 8.02. The maximum absolute atomic E-state index is 12.5. The molecule has 1 aromatic carbocycles. The van der Waals surface area contributed by atoms with Crippen LogP contribution in [0.2, 0.25) is 0 Å². The van der Waals surface area contributed by atoms with Gasteiger partial charge in [-0.25, -0.2) is 0 Å². The quantitative estimate of drug-likeness (QED) is 0.627. The summed E-state index contributed by atoms with van der Waals surface area (Å²) >= 11 is 1.45. The summed E-state index contributed by atoms with van der Waals surface area (Å²) in [6.07, 6.45) is 8.47. The van der Waals surface area contributed by atoms with Gasteiger partial charge in [0.25, 0.3) is 5.91 Å². The molecular formula is C21H31N3O2S. The van der Waals surface area contributed by atoms with Crippen LogP contribution in [-0.2, 0) is 4.79 Å². The summed E-state index contributed by atoms with van der Waals surface area (Å²) in [4.78, 5) is 25.8. The van der Waals surface area contributed by atoms with Gasteiger partial charge in [-0.15, -0.1) is 11.8 Å². The molecule has 27 heavy (non-hydrogen) atoms. The minimum atomic E-state index is -0.0505. The lowest BCUT2D eigenvalue weighted by atomic mass is 9.97. The van der Waals surface area contributed by atoms with Gasteiger partial charge in [-0.1, -0.05) is 44.2 Å². The van der Waals surface area contributed by atoms with Gasteiger partial charge in [0.2, 0.25) is 5.91 Å². The number of rotatable bonds is 7. The first-order chi connectivity index (χ1) is 13.2. The molecule has 2 amide bonds. The molecule has 3 N–H and O–H groups in total. The van der Waals surface area contributed by atoms with Crippen molar-refractivity contribution < 1.29 is 9.59 Å². The molecule has 1 aliphatic carbocycles. The maximum atomic E-state index is 12.5. The second-order valence-corrected chi connectivity index (χ2v) is 8.65. The van der Waals surface area contributed by atoms with Crippen LogP contribution in [0.3, 0.4) is 0 Å². The fraction of sp³-hybridized carbons (Fsp3) is 0.619. The van der Waals surface area contributed by atoms with Crippen molar-refractivity contribution in [2.45, 2.75) is 55.9 Å². The fourth-order valence-corrected chi connectivity index (χ4v) is 4.48. The van der Waals surface area contributed by atoms with Gasteiger partial charge in [-0.05, 0) is 25.0 Å². The van der Waals surface area contributed by atoms with Gasteiger partial charge in [0, 0.05) is 36.5 Å². The molecule has 148 valence electrons. The number of nitrogens with one attached hydrogen (secondary N) is 3. The Morgan fingerprint density at radius 2 is 1.74 bits per heavy atom. The van der Waals surface area contributed by atoms with Gasteiger partial charge in [-0.3, -0.25) is 9.59 Å². The lowest BCUT2D eigenvalue weighted by Crippen LogP contribution is -2.48. The van der Waals surface area contributed by atoms with Crippen molar-refractivity contribution in [3.63, 3.8) is 0 Å². The Labute approximate surface area is 166 Å². The van der Waals surface area contributed by atoms with E-state index in [1.165, 1.54) is 43.9 Å². The number of thioether (sulfide) groups is 1. The Hall–Kier alpha value is -1.53. The van der Waals surface area contributed by atoms with E-state index in [1.54, 1.807) is 0 Å². The van der Waals surface area contributed by atoms with E-state index in [0.717, 1.165) is 30.8 Å². The first kappa shape index (κ1) is 20.2. The number of hydrogen-bond acceptors (Lipinski definition) is 4. The topological polar surface area (TPSA) is 70.2 Å². The molecule has 1 aliphatic heterocycles. The number of carbonyl (C=O) groups is 2. The van der Waals surface area contributed by atoms with Crippen LogP contribution in [0.4, 0.5) is 0 Å². The van der Waals surface area contributed by atoms with Crippen molar-refractivity contribution in [2.24, 2.45) is 5.92 Å². The average molecular weight is 390 g/mol. The molecular weight excluding hydrogens is 358 g/mol. The van der Waals surface area contributed by atoms with E-state index in [1.807, 2.05) is 24.3 Å². The summed E-state index contributed by atoms with van der Waals surface area (Å²) < 4.78 is 0. The second kappa shape index (κ2) is 10.7. The largest absolute Gasteiger partial charge is 0.353 e. The normalized spacial score (nSPS) is 18.8. The van der Waals surface area contributed by atoms with Gasteiger partial charge in [0.15, 0.2) is 0 Å². The zero-order valence-corrected chi connectivity index (χ0v) is 16.8. The van der Waals surface area contributed by atoms with E-state index < -0.39 is 0 Å². The highest BCUT2D eigenvalue weighted by atomic mass is 32.2. The third-order valence-corrected chi connectivity index (χ3v) is 6.45. The summed E-state index contributed by atoms with van der Waals surface area (Å²) in [6, 6.07) is 7.87. The number of carbonyl (C=O) groups excluding carboxylic acids is 2. The van der Waals surface area contributed by atoms with Crippen LogP contribution < -0.4 is 16.0 Å². The molecule has 0 unspecified atom stereocenters. The summed E-state index contributed by atoms with van der Waals surface area (Å²) in [7, 11) is 0. The van der Waals surface area contributed by atoms with Crippen LogP contribution in [0.1, 0.15) is 55.3 Å². The first-order valence-electron chi connectivity index (χ1n) is 10.2. The van der Waals surface area contributed by atoms with E-state index in [2.05, 4.69) is 16.0 Å². The van der Waals surface area contributed by atoms with E-state index in [4.69, 9.17) is 0 Å². The molecule has 0 aromatic heterocycles. The SMILES string of the molecule is O=C(CSc1ccccc1C(=O)NCC1CNC1)NC1CCCCCCC1. The van der Waals surface area contributed by atoms with E-state index in [9.17, 15) is 9.59 Å². The van der Waals surface area contributed by atoms with Crippen molar-refractivity contribution in [2.75, 3.05) is 25.4 Å². The third-order valence-electron chi connectivity index (χ3n) is 5.38. The molecule has 2 fully saturated rings. The molecule has 0 spiro atoms. The van der Waals surface area contributed by atoms with Gasteiger partial charge >= 0.3 is 0 Å². The molecule has 1 heterocycles. The van der Waals surface area contributed by atoms with Crippen molar-refractivity contribution >= 4 is 23.6 Å². The minimum absolute atomic E-state index is 0.0505. The smallest absolute Gasteiger partial charge is 0.252 e. The molecule has 0 radical (unpaired) electrons. The number of amides is 2. The van der Waals surface area contributed by atoms with Crippen molar-refractivity contribution in [3.05, 3.63) is 29.8 Å². The van der Waals surface area contributed by atoms with Crippen LogP contribution in [0.25, 0.3) is 0 Å². The standard InChI is InChI=1S/C21H31N3O2S/c25-20(24-17-8-4-2-1-3-5-9-17)15-27-19-11-7-6-10-18(19)21(26)23-14-16-12-22-13-16/h6-7,10-11,16-17,22H,1-5,8-9,12-15H2,(H,23,26)(H,24,25). The van der Waals surface area contributed by atoms with E-state index in [0.29, 0.717) is 29.8 Å². The summed E-state index contributed by atoms with van der Waals surface area (Å²) in [6.45, 7) is 2.64. The Bertz CT molecular complexity index is 626. The molecule has 3 rings (SSSR count). The predicted molar refractivity (Wildman–Crippen MR) is 110 cm³/mol. The van der Waals surface area contributed by atoms with Crippen LogP contribution in [0.5, 0.6) is 0 Å². The summed E-state index contributed by atoms with van der Waals surface area (Å²) in [5.74, 6) is 0.905. The first-order valence-corrected chi connectivity index (χ1v) is 11.2. The fourth-order valence-electron chi connectivity index (χ4n) is 3.62. The van der Waals surface area contributed by atoms with Crippen LogP contribution in [0, 0.1) is 5.92 Å². The monoisotopic (exact) mass is 389 g/mol. The van der Waals surface area contributed by atoms with Crippen LogP contribution in [-0.4, -0.2) is 43.2 Å². The molecule has 0 atom stereocenters. The van der Waals surface area contributed by atoms with Gasteiger partial charge in [-0.2, -0.15) is 0 Å². The Morgan fingerprint density at radius 1 is 1.04 bits per heavy atom. The van der Waals surface area contributed by atoms with Crippen molar-refractivity contribution in [3.8, 4) is 0 Å². The molecule has 1 saturated carbocycles. The summed E-state index contributed by atoms with van der Waals surface area (Å²) in [5.41, 5.74) is 0.661. The van der Waals surface area contributed by atoms with E-state index >= 15 is 0 Å². The number of benzene rings is 1. The number of hydrogen-bond donors (Lipinski definition) is 3. The minimum Gasteiger partial charge on any atom is -0.353 e. The zero-order valence-electron chi connectivity index (χ0n) is 16.0. The van der Waals surface area contributed by atoms with Crippen LogP contribution in [0.15, 0.2) is 29.2 Å². The molecule has 1 aromatic rings. The van der Waals surface area contributed by atoms with Gasteiger partial charge < -0.3 is 16.0 Å². The van der Waals surface area contributed by atoms with Crippen molar-refractivity contribution in [1.29, 1.82) is 0 Å². The predicted octanol–water partition coefficient (Wildman–Crippen LogP) is 2.96. The highest BCUT2D eigenvalue weighted by Crippen LogP contribution is 2.23. The Balaban J connectivity index is 1.47. The van der Waals surface area contributed by atoms with Crippen molar-refractivity contribution in [1.82, 2.24) is 16.0 Å². The van der Waals surface area contributed by atoms with E-state index in [-0.39, 0.29) is 11.8 Å². The molecule has 1 saturated heterocycles. The highest BCUT2D eigenvalue weighted by molar-refractivity contribution is 8.00. The second-order valence-electron chi connectivity index (χ2n) is 7.63. The molecule has 2 aliphatic rings. The average Bonchev–Trinajstić information content (AvgIpc) is 2.61. The van der Waals surface area contributed by atoms with Crippen LogP contribution >= 0.6 is 11.8 Å². The Morgan fingerprint density at radius 3 is 2.44 bits per heavy atom. The molecule has 0 bridgehead atoms. The highest BCUT2D eigenvalue weighted by Gasteiger charge is 2.19.